The fourth-order valence-electron chi connectivity index (χ4n) is 5.58. The van der Waals surface area contributed by atoms with Crippen LogP contribution in [0.5, 0.6) is 5.75 Å². The lowest BCUT2D eigenvalue weighted by Crippen LogP contribution is -2.15. The highest BCUT2D eigenvalue weighted by atomic mass is 32.2. The topological polar surface area (TPSA) is 183 Å². The molecule has 1 aromatic heterocycles. The number of hydrogen-bond donors (Lipinski definition) is 3. The molecule has 0 aliphatic carbocycles. The van der Waals surface area contributed by atoms with Crippen LogP contribution in [0.25, 0.3) is 21.5 Å². The van der Waals surface area contributed by atoms with Gasteiger partial charge in [0.05, 0.1) is 22.0 Å². The Hall–Kier alpha value is -5.28. The smallest absolute Gasteiger partial charge is 0.296 e. The normalized spacial score (nSPS) is 11.2. The maximum absolute atomic E-state index is 12.6. The molecule has 0 saturated carbocycles. The standard InChI is InChI=1S/C34H29N5O7S2.3C2H6/c1-20-27-12-8-7-11-23(27)13-14-28(20)37-38-33-30(48(44,45)46)17-24-16-26(47(41,42)43)19-29(32(24)34(33)40)39(3)31-18-25(35-21(2)36-31)15-22-9-5-4-6-10-22;3*1-2/h4-14,16-19,40H,15H2,1-3H3,(H,41,42,43)(H,44,45,46);3*1-2H3. The number of aromatic hydroxyl groups is 1. The summed E-state index contributed by atoms with van der Waals surface area (Å²) in [7, 11) is -8.29. The third-order valence-electron chi connectivity index (χ3n) is 7.92. The minimum absolute atomic E-state index is 0.0293. The summed E-state index contributed by atoms with van der Waals surface area (Å²) < 4.78 is 70.1. The Morgan fingerprint density at radius 2 is 1.33 bits per heavy atom. The van der Waals surface area contributed by atoms with Crippen molar-refractivity contribution in [2.24, 2.45) is 10.2 Å². The number of phenols is 1. The van der Waals surface area contributed by atoms with Crippen LogP contribution in [0, 0.1) is 13.8 Å². The average molecular weight is 774 g/mol. The molecule has 0 spiro atoms. The van der Waals surface area contributed by atoms with E-state index in [9.17, 15) is 31.0 Å². The van der Waals surface area contributed by atoms with Crippen molar-refractivity contribution in [3.63, 3.8) is 0 Å². The van der Waals surface area contributed by atoms with E-state index in [-0.39, 0.29) is 16.5 Å². The molecule has 6 rings (SSSR count). The van der Waals surface area contributed by atoms with E-state index >= 15 is 0 Å². The molecular formula is C40H47N5O7S2. The van der Waals surface area contributed by atoms with Crippen molar-refractivity contribution in [3.05, 3.63) is 114 Å². The van der Waals surface area contributed by atoms with Gasteiger partial charge >= 0.3 is 0 Å². The van der Waals surface area contributed by atoms with Crippen LogP contribution < -0.4 is 4.90 Å². The van der Waals surface area contributed by atoms with Crippen molar-refractivity contribution >= 4 is 64.7 Å². The van der Waals surface area contributed by atoms with Crippen LogP contribution in [-0.2, 0) is 26.7 Å². The highest BCUT2D eigenvalue weighted by Crippen LogP contribution is 2.47. The number of azo groups is 1. The first kappa shape index (κ1) is 43.1. The molecule has 14 heteroatoms. The van der Waals surface area contributed by atoms with Gasteiger partial charge in [-0.15, -0.1) is 5.11 Å². The number of aryl methyl sites for hydroxylation is 2. The van der Waals surface area contributed by atoms with Gasteiger partial charge in [0, 0.05) is 24.9 Å². The van der Waals surface area contributed by atoms with E-state index in [0.29, 0.717) is 29.4 Å². The summed E-state index contributed by atoms with van der Waals surface area (Å²) in [6, 6.07) is 25.5. The van der Waals surface area contributed by atoms with E-state index in [1.807, 2.05) is 109 Å². The van der Waals surface area contributed by atoms with Gasteiger partial charge in [0.15, 0.2) is 5.75 Å². The zero-order valence-corrected chi connectivity index (χ0v) is 33.5. The maximum Gasteiger partial charge on any atom is 0.296 e. The molecule has 0 fully saturated rings. The highest BCUT2D eigenvalue weighted by Gasteiger charge is 2.27. The Balaban J connectivity index is 0.00000124. The summed E-state index contributed by atoms with van der Waals surface area (Å²) in [6.07, 6.45) is 0.471. The molecule has 54 heavy (non-hydrogen) atoms. The first-order valence-electron chi connectivity index (χ1n) is 17.5. The molecule has 0 radical (unpaired) electrons. The number of benzene rings is 5. The lowest BCUT2D eigenvalue weighted by molar-refractivity contribution is 0.472. The number of aromatic nitrogens is 2. The van der Waals surface area contributed by atoms with Crippen molar-refractivity contribution in [1.82, 2.24) is 9.97 Å². The van der Waals surface area contributed by atoms with Crippen LogP contribution in [0.3, 0.4) is 0 Å². The van der Waals surface area contributed by atoms with Crippen molar-refractivity contribution in [2.45, 2.75) is 71.6 Å². The number of fused-ring (bicyclic) bond motifs is 2. The molecule has 0 aliphatic rings. The Labute approximate surface area is 317 Å². The fourth-order valence-corrected chi connectivity index (χ4v) is 6.77. The minimum atomic E-state index is -5.03. The van der Waals surface area contributed by atoms with Crippen LogP contribution in [0.15, 0.2) is 111 Å². The van der Waals surface area contributed by atoms with E-state index in [4.69, 9.17) is 0 Å². The molecule has 286 valence electrons. The predicted molar refractivity (Wildman–Crippen MR) is 216 cm³/mol. The molecule has 12 nitrogen and oxygen atoms in total. The van der Waals surface area contributed by atoms with Crippen molar-refractivity contribution in [3.8, 4) is 5.75 Å². The van der Waals surface area contributed by atoms with E-state index in [2.05, 4.69) is 20.2 Å². The summed E-state index contributed by atoms with van der Waals surface area (Å²) in [5, 5.41) is 21.7. The molecule has 5 aromatic carbocycles. The van der Waals surface area contributed by atoms with Gasteiger partial charge in [-0.1, -0.05) is 102 Å². The van der Waals surface area contributed by atoms with Crippen molar-refractivity contribution < 1.29 is 31.0 Å². The Morgan fingerprint density at radius 1 is 0.704 bits per heavy atom. The lowest BCUT2D eigenvalue weighted by atomic mass is 10.0. The molecule has 3 N–H and O–H groups in total. The molecule has 6 aromatic rings. The summed E-state index contributed by atoms with van der Waals surface area (Å²) in [5.41, 5.74) is 2.24. The highest BCUT2D eigenvalue weighted by molar-refractivity contribution is 7.86. The van der Waals surface area contributed by atoms with E-state index in [0.717, 1.165) is 40.1 Å². The first-order valence-corrected chi connectivity index (χ1v) is 20.4. The SMILES string of the molecule is CC.CC.CC.Cc1nc(Cc2ccccc2)cc(N(C)c2cc(S(=O)(=O)O)cc3cc(S(=O)(=O)O)c(N=Nc4ccc5ccccc5c4C)c(O)c23)n1. The van der Waals surface area contributed by atoms with Crippen molar-refractivity contribution in [2.75, 3.05) is 11.9 Å². The van der Waals surface area contributed by atoms with E-state index in [1.165, 1.54) is 4.90 Å². The second-order valence-corrected chi connectivity index (χ2v) is 14.0. The number of hydrogen-bond acceptors (Lipinski definition) is 10. The Bertz CT molecular complexity index is 2490. The maximum atomic E-state index is 12.6. The number of nitrogens with zero attached hydrogens (tertiary/aromatic N) is 5. The number of rotatable bonds is 8. The molecule has 0 atom stereocenters. The van der Waals surface area contributed by atoms with Crippen LogP contribution in [0.2, 0.25) is 0 Å². The number of phenolic OH excluding ortho intramolecular Hbond substituents is 1. The lowest BCUT2D eigenvalue weighted by Gasteiger charge is -2.23. The molecule has 0 amide bonds. The Kier molecular flexibility index (Phi) is 14.9. The summed E-state index contributed by atoms with van der Waals surface area (Å²) in [5.74, 6) is 0.0235. The van der Waals surface area contributed by atoms with Crippen LogP contribution >= 0.6 is 0 Å². The van der Waals surface area contributed by atoms with Gasteiger partial charge in [-0.05, 0) is 65.4 Å². The van der Waals surface area contributed by atoms with Gasteiger partial charge in [0.2, 0.25) is 0 Å². The van der Waals surface area contributed by atoms with E-state index in [1.54, 1.807) is 26.1 Å². The summed E-state index contributed by atoms with van der Waals surface area (Å²) in [6.45, 7) is 15.5. The monoisotopic (exact) mass is 773 g/mol. The Morgan fingerprint density at radius 3 is 1.96 bits per heavy atom. The number of anilines is 2. The quantitative estimate of drug-likeness (QED) is 0.0993. The minimum Gasteiger partial charge on any atom is -0.505 e. The molecule has 0 bridgehead atoms. The van der Waals surface area contributed by atoms with Gasteiger partial charge in [0.1, 0.15) is 22.2 Å². The summed E-state index contributed by atoms with van der Waals surface area (Å²) in [4.78, 5) is 9.11. The van der Waals surface area contributed by atoms with Crippen LogP contribution in [0.4, 0.5) is 22.9 Å². The van der Waals surface area contributed by atoms with Crippen LogP contribution in [-0.4, -0.2) is 48.1 Å². The van der Waals surface area contributed by atoms with Gasteiger partial charge in [-0.25, -0.2) is 9.97 Å². The van der Waals surface area contributed by atoms with Crippen LogP contribution in [0.1, 0.15) is 64.2 Å². The van der Waals surface area contributed by atoms with Gasteiger partial charge in [0.25, 0.3) is 20.2 Å². The van der Waals surface area contributed by atoms with Gasteiger partial charge < -0.3 is 10.0 Å². The second-order valence-electron chi connectivity index (χ2n) is 11.2. The zero-order valence-electron chi connectivity index (χ0n) is 31.9. The molecular weight excluding hydrogens is 727 g/mol. The van der Waals surface area contributed by atoms with E-state index < -0.39 is 41.5 Å². The van der Waals surface area contributed by atoms with Gasteiger partial charge in [-0.2, -0.15) is 21.9 Å². The zero-order chi connectivity index (χ0) is 40.4. The molecule has 0 saturated heterocycles. The third-order valence-corrected chi connectivity index (χ3v) is 9.61. The van der Waals surface area contributed by atoms with Gasteiger partial charge in [-0.3, -0.25) is 9.11 Å². The largest absolute Gasteiger partial charge is 0.505 e. The predicted octanol–water partition coefficient (Wildman–Crippen LogP) is 10.5. The summed E-state index contributed by atoms with van der Waals surface area (Å²) >= 11 is 0. The first-order chi connectivity index (χ1) is 25.7. The third kappa shape index (κ3) is 9.82. The average Bonchev–Trinajstić information content (AvgIpc) is 3.16. The molecule has 0 aliphatic heterocycles. The second kappa shape index (κ2) is 18.7. The fraction of sp³-hybridized carbons (Fsp3) is 0.250. The molecule has 1 heterocycles. The van der Waals surface area contributed by atoms with Crippen molar-refractivity contribution in [1.29, 1.82) is 0 Å². The molecule has 0 unspecified atom stereocenters.